The van der Waals surface area contributed by atoms with Gasteiger partial charge in [-0.05, 0) is 65.9 Å². The summed E-state index contributed by atoms with van der Waals surface area (Å²) in [6, 6.07) is 19.3. The Kier molecular flexibility index (Phi) is 2.71. The summed E-state index contributed by atoms with van der Waals surface area (Å²) >= 11 is 3.35. The van der Waals surface area contributed by atoms with E-state index in [1.165, 1.54) is 18.3 Å². The Hall–Kier alpha value is -3.11. The highest BCUT2D eigenvalue weighted by Gasteiger charge is 2.18. The highest BCUT2D eigenvalue weighted by Crippen LogP contribution is 2.36. The Labute approximate surface area is 213 Å². The summed E-state index contributed by atoms with van der Waals surface area (Å²) in [6.45, 7) is -12.8. The number of rotatable bonds is 3. The third kappa shape index (κ3) is 3.69. The first-order chi connectivity index (χ1) is 20.3. The van der Waals surface area contributed by atoms with Crippen molar-refractivity contribution in [3.8, 4) is 17.3 Å². The summed E-state index contributed by atoms with van der Waals surface area (Å²) in [5.74, 6) is 0.473. The molecule has 32 heavy (non-hydrogen) atoms. The molecule has 0 amide bonds. The molecule has 0 aliphatic rings. The van der Waals surface area contributed by atoms with Crippen molar-refractivity contribution in [3.05, 3.63) is 94.6 Å². The van der Waals surface area contributed by atoms with Crippen LogP contribution in [0.25, 0.3) is 27.6 Å². The van der Waals surface area contributed by atoms with Crippen LogP contribution in [0.15, 0.2) is 83.5 Å². The molecule has 160 valence electrons. The van der Waals surface area contributed by atoms with Gasteiger partial charge in [0, 0.05) is 44.0 Å². The van der Waals surface area contributed by atoms with Gasteiger partial charge in [-0.2, -0.15) is 0 Å². The van der Waals surface area contributed by atoms with Gasteiger partial charge < -0.3 is 4.74 Å². The van der Waals surface area contributed by atoms with Crippen molar-refractivity contribution in [2.24, 2.45) is 0 Å². The van der Waals surface area contributed by atoms with E-state index >= 15 is 0 Å². The summed E-state index contributed by atoms with van der Waals surface area (Å²) in [6.07, 6.45) is 1.19. The van der Waals surface area contributed by atoms with E-state index in [0.29, 0.717) is 15.5 Å². The maximum atomic E-state index is 8.13. The SMILES string of the molecule is [2H]C([2H])([2H])c1ccc(Br)cc1Oc1ccc2c3ccccc3n(-c3cc(C(C([2H])([2H])[2H])(C([2H])([2H])[2H])C([2H])([2H])[2H])ccn3)c2c1. The van der Waals surface area contributed by atoms with Crippen LogP contribution in [-0.2, 0) is 5.41 Å². The fourth-order valence-corrected chi connectivity index (χ4v) is 4.08. The summed E-state index contributed by atoms with van der Waals surface area (Å²) in [5.41, 5.74) is -2.49. The van der Waals surface area contributed by atoms with Crippen LogP contribution in [0.2, 0.25) is 0 Å². The molecule has 2 aromatic heterocycles. The highest BCUT2D eigenvalue weighted by atomic mass is 79.9. The summed E-state index contributed by atoms with van der Waals surface area (Å²) in [4.78, 5) is 4.40. The molecule has 0 atom stereocenters. The van der Waals surface area contributed by atoms with Crippen LogP contribution >= 0.6 is 15.9 Å². The van der Waals surface area contributed by atoms with Crippen molar-refractivity contribution in [3.63, 3.8) is 0 Å². The fraction of sp³-hybridized carbons (Fsp3) is 0.179. The third-order valence-electron chi connectivity index (χ3n) is 5.22. The van der Waals surface area contributed by atoms with Crippen LogP contribution in [0.3, 0.4) is 0 Å². The first kappa shape index (κ1) is 11.2. The largest absolute Gasteiger partial charge is 0.457 e. The molecule has 3 nitrogen and oxygen atoms in total. The van der Waals surface area contributed by atoms with Crippen LogP contribution in [0, 0.1) is 6.85 Å². The molecule has 0 radical (unpaired) electrons. The second-order valence-corrected chi connectivity index (χ2v) is 8.34. The Morgan fingerprint density at radius 2 is 1.75 bits per heavy atom. The van der Waals surface area contributed by atoms with E-state index in [4.69, 9.17) is 21.2 Å². The van der Waals surface area contributed by atoms with E-state index in [1.807, 2.05) is 12.1 Å². The number of nitrogens with zero attached hydrogens (tertiary/aromatic N) is 2. The van der Waals surface area contributed by atoms with Crippen molar-refractivity contribution in [2.75, 3.05) is 0 Å². The van der Waals surface area contributed by atoms with E-state index in [9.17, 15) is 0 Å². The van der Waals surface area contributed by atoms with E-state index in [1.54, 1.807) is 47.0 Å². The molecule has 0 N–H and O–H groups in total. The van der Waals surface area contributed by atoms with Crippen molar-refractivity contribution >= 4 is 37.7 Å². The number of hydrogen-bond donors (Lipinski definition) is 0. The predicted octanol–water partition coefficient (Wildman–Crippen LogP) is 8.34. The van der Waals surface area contributed by atoms with Crippen LogP contribution in [-0.4, -0.2) is 9.55 Å². The second kappa shape index (κ2) is 7.79. The Bertz CT molecular complexity index is 1830. The number of aromatic nitrogens is 2. The van der Waals surface area contributed by atoms with Gasteiger partial charge in [-0.15, -0.1) is 0 Å². The Morgan fingerprint density at radius 3 is 2.59 bits per heavy atom. The zero-order valence-electron chi connectivity index (χ0n) is 28.7. The maximum Gasteiger partial charge on any atom is 0.137 e. The first-order valence-electron chi connectivity index (χ1n) is 15.8. The lowest BCUT2D eigenvalue weighted by molar-refractivity contribution is 0.479. The Morgan fingerprint density at radius 1 is 0.906 bits per heavy atom. The molecule has 5 aromatic rings. The minimum absolute atomic E-state index is 0.00560. The lowest BCUT2D eigenvalue weighted by Gasteiger charge is -2.20. The minimum Gasteiger partial charge on any atom is -0.457 e. The number of aryl methyl sites for hydroxylation is 1. The van der Waals surface area contributed by atoms with Gasteiger partial charge in [0.1, 0.15) is 17.3 Å². The van der Waals surface area contributed by atoms with Gasteiger partial charge in [0.15, 0.2) is 0 Å². The molecule has 0 unspecified atom stereocenters. The molecule has 5 rings (SSSR count). The summed E-state index contributed by atoms with van der Waals surface area (Å²) in [5, 5.41) is 1.51. The zero-order valence-corrected chi connectivity index (χ0v) is 18.3. The maximum absolute atomic E-state index is 8.13. The number of fused-ring (bicyclic) bond motifs is 3. The molecule has 3 aromatic carbocycles. The monoisotopic (exact) mass is 496 g/mol. The van der Waals surface area contributed by atoms with Gasteiger partial charge in [-0.1, -0.05) is 60.8 Å². The average Bonchev–Trinajstić information content (AvgIpc) is 3.19. The first-order valence-corrected chi connectivity index (χ1v) is 10.5. The second-order valence-electron chi connectivity index (χ2n) is 7.43. The molecule has 4 heteroatoms. The van der Waals surface area contributed by atoms with Gasteiger partial charge in [0.25, 0.3) is 0 Å². The number of ether oxygens (including phenoxy) is 1. The predicted molar refractivity (Wildman–Crippen MR) is 136 cm³/mol. The smallest absolute Gasteiger partial charge is 0.137 e. The van der Waals surface area contributed by atoms with E-state index in [2.05, 4.69) is 20.9 Å². The van der Waals surface area contributed by atoms with Gasteiger partial charge in [0.2, 0.25) is 0 Å². The minimum atomic E-state index is -3.44. The number of hydrogen-bond acceptors (Lipinski definition) is 2. The molecule has 0 fully saturated rings. The van der Waals surface area contributed by atoms with Crippen LogP contribution in [0.1, 0.15) is 48.1 Å². The lowest BCUT2D eigenvalue weighted by Crippen LogP contribution is -2.12. The highest BCUT2D eigenvalue weighted by molar-refractivity contribution is 9.10. The molecule has 0 aliphatic carbocycles. The van der Waals surface area contributed by atoms with Gasteiger partial charge in [-0.25, -0.2) is 4.98 Å². The number of para-hydroxylation sites is 1. The summed E-state index contributed by atoms with van der Waals surface area (Å²) in [7, 11) is 0. The molecule has 0 aliphatic heterocycles. The molecule has 0 bridgehead atoms. The normalized spacial score (nSPS) is 19.0. The fourth-order valence-electron chi connectivity index (χ4n) is 3.74. The standard InChI is InChI=1S/C28H25BrN2O/c1-18-9-10-20(29)16-26(18)32-21-11-12-23-22-7-5-6-8-24(22)31(25(23)17-21)27-15-19(13-14-30-27)28(2,3)4/h5-17H,1-4H3/i1D3,2D3,3D3,4D3. The number of halogens is 1. The lowest BCUT2D eigenvalue weighted by atomic mass is 9.88. The van der Waals surface area contributed by atoms with Crippen molar-refractivity contribution in [1.29, 1.82) is 0 Å². The van der Waals surface area contributed by atoms with Crippen molar-refractivity contribution < 1.29 is 21.2 Å². The van der Waals surface area contributed by atoms with Gasteiger partial charge >= 0.3 is 0 Å². The molecule has 0 spiro atoms. The Balaban J connectivity index is 1.77. The zero-order chi connectivity index (χ0) is 32.5. The van der Waals surface area contributed by atoms with Crippen molar-refractivity contribution in [2.45, 2.75) is 32.8 Å². The average molecular weight is 497 g/mol. The molecule has 2 heterocycles. The van der Waals surface area contributed by atoms with Crippen LogP contribution in [0.4, 0.5) is 0 Å². The van der Waals surface area contributed by atoms with Crippen molar-refractivity contribution in [1.82, 2.24) is 9.55 Å². The molecule has 0 saturated heterocycles. The number of benzene rings is 3. The molecule has 0 saturated carbocycles. The van der Waals surface area contributed by atoms with Gasteiger partial charge in [0.05, 0.1) is 11.0 Å². The van der Waals surface area contributed by atoms with Gasteiger partial charge in [-0.3, -0.25) is 4.57 Å². The van der Waals surface area contributed by atoms with E-state index < -0.39 is 38.4 Å². The van der Waals surface area contributed by atoms with Crippen LogP contribution < -0.4 is 4.74 Å². The number of pyridine rings is 1. The summed E-state index contributed by atoms with van der Waals surface area (Å²) < 4.78 is 105. The van der Waals surface area contributed by atoms with E-state index in [0.717, 1.165) is 16.8 Å². The molecular weight excluding hydrogens is 460 g/mol. The van der Waals surface area contributed by atoms with Crippen LogP contribution in [0.5, 0.6) is 11.5 Å². The molecular formula is C28H25BrN2O. The third-order valence-corrected chi connectivity index (χ3v) is 5.72. The quantitative estimate of drug-likeness (QED) is 0.251. The van der Waals surface area contributed by atoms with E-state index in [-0.39, 0.29) is 22.9 Å². The topological polar surface area (TPSA) is 27.1 Å².